The molecule has 0 radical (unpaired) electrons. The first-order chi connectivity index (χ1) is 16.6. The lowest BCUT2D eigenvalue weighted by Gasteiger charge is -2.20. The molecule has 5 heteroatoms. The fourth-order valence-electron chi connectivity index (χ4n) is 4.49. The van der Waals surface area contributed by atoms with Crippen molar-refractivity contribution in [3.63, 3.8) is 0 Å². The smallest absolute Gasteiger partial charge is 0.138 e. The summed E-state index contributed by atoms with van der Waals surface area (Å²) >= 11 is 0. The van der Waals surface area contributed by atoms with Gasteiger partial charge in [-0.25, -0.2) is 0 Å². The second-order valence-corrected chi connectivity index (χ2v) is 8.87. The van der Waals surface area contributed by atoms with E-state index in [2.05, 4.69) is 36.6 Å². The Morgan fingerprint density at radius 1 is 0.941 bits per heavy atom. The van der Waals surface area contributed by atoms with Crippen LogP contribution in [0.15, 0.2) is 79.0 Å². The predicted molar refractivity (Wildman–Crippen MR) is 132 cm³/mol. The minimum atomic E-state index is -0.242. The number of nitriles is 1. The first-order valence-electron chi connectivity index (χ1n) is 11.6. The maximum absolute atomic E-state index is 9.29. The van der Waals surface area contributed by atoms with Gasteiger partial charge in [-0.1, -0.05) is 53.6 Å². The molecule has 3 aromatic carbocycles. The van der Waals surface area contributed by atoms with Crippen LogP contribution in [-0.4, -0.2) is 23.4 Å². The molecule has 3 atom stereocenters. The summed E-state index contributed by atoms with van der Waals surface area (Å²) in [6.07, 6.45) is 2.47. The molecule has 1 saturated heterocycles. The van der Waals surface area contributed by atoms with Gasteiger partial charge in [0.1, 0.15) is 36.5 Å². The molecule has 1 fully saturated rings. The minimum Gasteiger partial charge on any atom is -0.491 e. The molecule has 0 aliphatic carbocycles. The van der Waals surface area contributed by atoms with Crippen molar-refractivity contribution in [3.05, 3.63) is 95.7 Å². The fraction of sp³-hybridized carbons (Fsp3) is 0.276. The van der Waals surface area contributed by atoms with Crippen LogP contribution in [0.25, 0.3) is 10.9 Å². The van der Waals surface area contributed by atoms with Gasteiger partial charge in [0.25, 0.3) is 0 Å². The van der Waals surface area contributed by atoms with Gasteiger partial charge in [-0.3, -0.25) is 0 Å². The zero-order valence-corrected chi connectivity index (χ0v) is 19.5. The van der Waals surface area contributed by atoms with Crippen molar-refractivity contribution in [3.8, 4) is 17.6 Å². The number of ether oxygens (including phenoxy) is 3. The molecule has 1 aliphatic heterocycles. The maximum atomic E-state index is 9.29. The standard InChI is InChI=1S/C29H28N2O3/c1-20-7-11-23(12-8-20)32-19-28-27(33-24-13-9-21(2)10-14-24)17-29(34-28)31-18-22(15-16-30)25-5-3-4-6-26(25)31/h3-14,18,27-29H,15,17,19H2,1-2H3/t27-,28+,29+/m0/s1. The molecule has 0 unspecified atom stereocenters. The van der Waals surface area contributed by atoms with Crippen LogP contribution in [0, 0.1) is 25.2 Å². The molecule has 5 nitrogen and oxygen atoms in total. The zero-order valence-electron chi connectivity index (χ0n) is 19.5. The lowest BCUT2D eigenvalue weighted by molar-refractivity contribution is -0.0338. The number of aryl methyl sites for hydroxylation is 2. The first kappa shape index (κ1) is 22.1. The van der Waals surface area contributed by atoms with Crippen LogP contribution < -0.4 is 9.47 Å². The molecule has 34 heavy (non-hydrogen) atoms. The average Bonchev–Trinajstić information content (AvgIpc) is 3.42. The number of hydrogen-bond acceptors (Lipinski definition) is 4. The lowest BCUT2D eigenvalue weighted by Crippen LogP contribution is -2.32. The molecule has 0 spiro atoms. The van der Waals surface area contributed by atoms with Gasteiger partial charge < -0.3 is 18.8 Å². The number of para-hydroxylation sites is 1. The fourth-order valence-corrected chi connectivity index (χ4v) is 4.49. The third kappa shape index (κ3) is 4.64. The molecule has 172 valence electrons. The Hall–Kier alpha value is -3.75. The molecule has 2 heterocycles. The van der Waals surface area contributed by atoms with E-state index in [1.807, 2.05) is 66.9 Å². The molecular formula is C29H28N2O3. The molecular weight excluding hydrogens is 424 g/mol. The van der Waals surface area contributed by atoms with Gasteiger partial charge in [0.15, 0.2) is 0 Å². The molecule has 1 aromatic heterocycles. The summed E-state index contributed by atoms with van der Waals surface area (Å²) in [6.45, 7) is 4.51. The summed E-state index contributed by atoms with van der Waals surface area (Å²) in [7, 11) is 0. The van der Waals surface area contributed by atoms with Crippen molar-refractivity contribution in [1.29, 1.82) is 5.26 Å². The van der Waals surface area contributed by atoms with E-state index in [9.17, 15) is 5.26 Å². The number of nitrogens with zero attached hydrogens (tertiary/aromatic N) is 2. The Balaban J connectivity index is 1.41. The number of fused-ring (bicyclic) bond motifs is 1. The van der Waals surface area contributed by atoms with Crippen LogP contribution in [0.3, 0.4) is 0 Å². The number of benzene rings is 3. The Morgan fingerprint density at radius 2 is 1.62 bits per heavy atom. The average molecular weight is 453 g/mol. The summed E-state index contributed by atoms with van der Waals surface area (Å²) in [5.74, 6) is 1.64. The Morgan fingerprint density at radius 3 is 2.32 bits per heavy atom. The molecule has 5 rings (SSSR count). The van der Waals surface area contributed by atoms with Gasteiger partial charge >= 0.3 is 0 Å². The third-order valence-corrected chi connectivity index (χ3v) is 6.33. The molecule has 0 N–H and O–H groups in total. The second kappa shape index (κ2) is 9.62. The Bertz CT molecular complexity index is 1300. The van der Waals surface area contributed by atoms with Gasteiger partial charge in [0, 0.05) is 18.0 Å². The van der Waals surface area contributed by atoms with E-state index in [4.69, 9.17) is 14.2 Å². The van der Waals surface area contributed by atoms with E-state index in [0.29, 0.717) is 19.4 Å². The maximum Gasteiger partial charge on any atom is 0.138 e. The van der Waals surface area contributed by atoms with Gasteiger partial charge in [0.2, 0.25) is 0 Å². The van der Waals surface area contributed by atoms with Gasteiger partial charge in [-0.05, 0) is 49.7 Å². The number of rotatable bonds is 7. The minimum absolute atomic E-state index is 0.168. The van der Waals surface area contributed by atoms with Crippen LogP contribution >= 0.6 is 0 Å². The van der Waals surface area contributed by atoms with Gasteiger partial charge in [-0.2, -0.15) is 5.26 Å². The van der Waals surface area contributed by atoms with Crippen LogP contribution in [0.2, 0.25) is 0 Å². The van der Waals surface area contributed by atoms with E-state index >= 15 is 0 Å². The lowest BCUT2D eigenvalue weighted by atomic mass is 10.1. The van der Waals surface area contributed by atoms with Crippen molar-refractivity contribution in [2.24, 2.45) is 0 Å². The normalized spacial score (nSPS) is 19.7. The van der Waals surface area contributed by atoms with E-state index < -0.39 is 0 Å². The second-order valence-electron chi connectivity index (χ2n) is 8.87. The van der Waals surface area contributed by atoms with E-state index in [0.717, 1.165) is 28.0 Å². The Labute approximate surface area is 200 Å². The van der Waals surface area contributed by atoms with Crippen molar-refractivity contribution >= 4 is 10.9 Å². The van der Waals surface area contributed by atoms with E-state index in [1.165, 1.54) is 11.1 Å². The van der Waals surface area contributed by atoms with Gasteiger partial charge in [-0.15, -0.1) is 0 Å². The molecule has 0 bridgehead atoms. The quantitative estimate of drug-likeness (QED) is 0.338. The van der Waals surface area contributed by atoms with E-state index in [1.54, 1.807) is 0 Å². The monoisotopic (exact) mass is 452 g/mol. The topological polar surface area (TPSA) is 56.4 Å². The number of aromatic nitrogens is 1. The summed E-state index contributed by atoms with van der Waals surface area (Å²) in [4.78, 5) is 0. The van der Waals surface area contributed by atoms with Gasteiger partial charge in [0.05, 0.1) is 18.0 Å². The highest BCUT2D eigenvalue weighted by molar-refractivity contribution is 5.84. The van der Waals surface area contributed by atoms with E-state index in [-0.39, 0.29) is 18.4 Å². The first-order valence-corrected chi connectivity index (χ1v) is 11.6. The molecule has 4 aromatic rings. The van der Waals surface area contributed by atoms with Crippen molar-refractivity contribution in [2.45, 2.75) is 45.1 Å². The summed E-state index contributed by atoms with van der Waals surface area (Å²) < 4.78 is 21.2. The van der Waals surface area contributed by atoms with Crippen molar-refractivity contribution in [2.75, 3.05) is 6.61 Å². The molecule has 0 saturated carbocycles. The highest BCUT2D eigenvalue weighted by Gasteiger charge is 2.39. The third-order valence-electron chi connectivity index (χ3n) is 6.33. The number of hydrogen-bond donors (Lipinski definition) is 0. The summed E-state index contributed by atoms with van der Waals surface area (Å²) in [5.41, 5.74) is 4.46. The van der Waals surface area contributed by atoms with Crippen LogP contribution in [0.1, 0.15) is 29.3 Å². The largest absolute Gasteiger partial charge is 0.491 e. The SMILES string of the molecule is Cc1ccc(OC[C@H]2O[C@@H](n3cc(CC#N)c4ccccc43)C[C@@H]2Oc2ccc(C)cc2)cc1. The van der Waals surface area contributed by atoms with Crippen LogP contribution in [-0.2, 0) is 11.2 Å². The van der Waals surface area contributed by atoms with Crippen LogP contribution in [0.4, 0.5) is 0 Å². The molecule has 1 aliphatic rings. The molecule has 0 amide bonds. The van der Waals surface area contributed by atoms with Crippen molar-refractivity contribution in [1.82, 2.24) is 4.57 Å². The highest BCUT2D eigenvalue weighted by atomic mass is 16.6. The predicted octanol–water partition coefficient (Wildman–Crippen LogP) is 6.14. The Kier molecular flexibility index (Phi) is 6.24. The summed E-state index contributed by atoms with van der Waals surface area (Å²) in [5, 5.41) is 10.4. The highest BCUT2D eigenvalue weighted by Crippen LogP contribution is 2.36. The summed E-state index contributed by atoms with van der Waals surface area (Å²) in [6, 6.07) is 26.6. The van der Waals surface area contributed by atoms with Crippen LogP contribution in [0.5, 0.6) is 11.5 Å². The zero-order chi connectivity index (χ0) is 23.5. The van der Waals surface area contributed by atoms with Crippen molar-refractivity contribution < 1.29 is 14.2 Å².